The number of aromatic nitrogens is 4. The molecule has 2 aromatic heterocycles. The zero-order valence-corrected chi connectivity index (χ0v) is 12.2. The number of amidine groups is 1. The number of nitrogens with one attached hydrogen (secondary N) is 2. The smallest absolute Gasteiger partial charge is 0.296 e. The molecule has 0 bridgehead atoms. The number of benzene rings is 1. The zero-order chi connectivity index (χ0) is 15.9. The summed E-state index contributed by atoms with van der Waals surface area (Å²) in [6, 6.07) is 7.35. The Morgan fingerprint density at radius 3 is 2.77 bits per heavy atom. The van der Waals surface area contributed by atoms with Crippen LogP contribution >= 0.6 is 0 Å². The van der Waals surface area contributed by atoms with Gasteiger partial charge >= 0.3 is 0 Å². The third-order valence-electron chi connectivity index (χ3n) is 3.23. The van der Waals surface area contributed by atoms with Crippen LogP contribution in [0.2, 0.25) is 0 Å². The standard InChI is InChI=1S/C14H15N7O/c1-7(2)10(15)18-13(22)11-19-12-8-5-3-4-6-9(8)17-14(16)21(12)20-11/h3-7H,1-2H3,(H2,16,17)(H2,15,18,22). The van der Waals surface area contributed by atoms with Gasteiger partial charge in [0.05, 0.1) is 5.52 Å². The van der Waals surface area contributed by atoms with Gasteiger partial charge in [-0.2, -0.15) is 4.52 Å². The van der Waals surface area contributed by atoms with Gasteiger partial charge in [-0.1, -0.05) is 26.0 Å². The molecule has 0 atom stereocenters. The van der Waals surface area contributed by atoms with Crippen molar-refractivity contribution in [3.05, 3.63) is 30.1 Å². The van der Waals surface area contributed by atoms with E-state index < -0.39 is 5.91 Å². The van der Waals surface area contributed by atoms with Gasteiger partial charge in [0.2, 0.25) is 11.8 Å². The second-order valence-electron chi connectivity index (χ2n) is 5.18. The highest BCUT2D eigenvalue weighted by Crippen LogP contribution is 2.18. The maximum Gasteiger partial charge on any atom is 0.296 e. The summed E-state index contributed by atoms with van der Waals surface area (Å²) in [5.41, 5.74) is 7.01. The van der Waals surface area contributed by atoms with Gasteiger partial charge in [-0.25, -0.2) is 9.97 Å². The van der Waals surface area contributed by atoms with Crippen LogP contribution in [-0.2, 0) is 0 Å². The quantitative estimate of drug-likeness (QED) is 0.485. The topological polar surface area (TPSA) is 122 Å². The van der Waals surface area contributed by atoms with Gasteiger partial charge in [0.25, 0.3) is 5.91 Å². The Labute approximate surface area is 125 Å². The molecule has 0 aliphatic rings. The predicted molar refractivity (Wildman–Crippen MR) is 82.7 cm³/mol. The van der Waals surface area contributed by atoms with E-state index in [4.69, 9.17) is 11.1 Å². The molecule has 8 nitrogen and oxygen atoms in total. The van der Waals surface area contributed by atoms with Gasteiger partial charge in [-0.05, 0) is 12.1 Å². The highest BCUT2D eigenvalue weighted by molar-refractivity contribution is 6.05. The van der Waals surface area contributed by atoms with Crippen molar-refractivity contribution >= 4 is 34.2 Å². The molecule has 22 heavy (non-hydrogen) atoms. The van der Waals surface area contributed by atoms with E-state index in [0.717, 1.165) is 5.39 Å². The fourth-order valence-corrected chi connectivity index (χ4v) is 2.00. The minimum absolute atomic E-state index is 0.0461. The van der Waals surface area contributed by atoms with E-state index in [1.54, 1.807) is 0 Å². The largest absolute Gasteiger partial charge is 0.368 e. The molecular weight excluding hydrogens is 282 g/mol. The first-order chi connectivity index (χ1) is 10.5. The summed E-state index contributed by atoms with van der Waals surface area (Å²) in [5.74, 6) is -0.409. The molecule has 3 rings (SSSR count). The minimum Gasteiger partial charge on any atom is -0.368 e. The number of anilines is 1. The van der Waals surface area contributed by atoms with E-state index in [2.05, 4.69) is 20.4 Å². The van der Waals surface area contributed by atoms with Crippen molar-refractivity contribution in [2.45, 2.75) is 13.8 Å². The average Bonchev–Trinajstić information content (AvgIpc) is 2.93. The first kappa shape index (κ1) is 13.9. The molecule has 0 aliphatic heterocycles. The number of nitrogen functional groups attached to an aromatic ring is 1. The summed E-state index contributed by atoms with van der Waals surface area (Å²) >= 11 is 0. The predicted octanol–water partition coefficient (Wildman–Crippen LogP) is 1.22. The number of rotatable bonds is 2. The number of carbonyl (C=O) groups excluding carboxylic acids is 1. The van der Waals surface area contributed by atoms with Crippen molar-refractivity contribution in [3.8, 4) is 0 Å². The SMILES string of the molecule is CC(C)C(=N)NC(=O)c1nc2c3ccccc3nc(N)n2n1. The molecular formula is C14H15N7O. The first-order valence-electron chi connectivity index (χ1n) is 6.78. The van der Waals surface area contributed by atoms with Crippen molar-refractivity contribution < 1.29 is 4.79 Å². The lowest BCUT2D eigenvalue weighted by Crippen LogP contribution is -2.33. The molecule has 0 unspecified atom stereocenters. The summed E-state index contributed by atoms with van der Waals surface area (Å²) in [6.07, 6.45) is 0. The third-order valence-corrected chi connectivity index (χ3v) is 3.23. The highest BCUT2D eigenvalue weighted by atomic mass is 16.2. The van der Waals surface area contributed by atoms with Crippen LogP contribution in [0.3, 0.4) is 0 Å². The summed E-state index contributed by atoms with van der Waals surface area (Å²) in [6.45, 7) is 3.63. The van der Waals surface area contributed by atoms with Gasteiger partial charge in [-0.15, -0.1) is 5.10 Å². The van der Waals surface area contributed by atoms with E-state index in [-0.39, 0.29) is 23.5 Å². The fraction of sp³-hybridized carbons (Fsp3) is 0.214. The van der Waals surface area contributed by atoms with Crippen LogP contribution in [0.15, 0.2) is 24.3 Å². The number of carbonyl (C=O) groups is 1. The molecule has 8 heteroatoms. The molecule has 0 saturated heterocycles. The van der Waals surface area contributed by atoms with Crippen LogP contribution < -0.4 is 11.1 Å². The first-order valence-corrected chi connectivity index (χ1v) is 6.78. The van der Waals surface area contributed by atoms with Crippen LogP contribution in [0.1, 0.15) is 24.5 Å². The second kappa shape index (κ2) is 5.06. The lowest BCUT2D eigenvalue weighted by Gasteiger charge is -2.06. The number of para-hydroxylation sites is 1. The molecule has 0 spiro atoms. The Bertz CT molecular complexity index is 897. The van der Waals surface area contributed by atoms with Crippen molar-refractivity contribution in [1.82, 2.24) is 24.9 Å². The Hall–Kier alpha value is -3.03. The van der Waals surface area contributed by atoms with Crippen molar-refractivity contribution in [2.24, 2.45) is 5.92 Å². The molecule has 1 aromatic carbocycles. The van der Waals surface area contributed by atoms with Crippen LogP contribution in [0.5, 0.6) is 0 Å². The van der Waals surface area contributed by atoms with Crippen LogP contribution in [0.4, 0.5) is 5.95 Å². The van der Waals surface area contributed by atoms with Crippen molar-refractivity contribution in [1.29, 1.82) is 5.41 Å². The number of hydrogen-bond acceptors (Lipinski definition) is 6. The Morgan fingerprint density at radius 1 is 1.32 bits per heavy atom. The monoisotopic (exact) mass is 297 g/mol. The Balaban J connectivity index is 2.10. The van der Waals surface area contributed by atoms with E-state index in [0.29, 0.717) is 11.2 Å². The number of nitrogens with zero attached hydrogens (tertiary/aromatic N) is 4. The average molecular weight is 297 g/mol. The number of nitrogens with two attached hydrogens (primary N) is 1. The number of fused-ring (bicyclic) bond motifs is 3. The molecule has 0 aliphatic carbocycles. The third kappa shape index (κ3) is 2.24. The molecule has 2 heterocycles. The minimum atomic E-state index is -0.536. The number of amides is 1. The van der Waals surface area contributed by atoms with Gasteiger partial charge in [0.15, 0.2) is 5.65 Å². The zero-order valence-electron chi connectivity index (χ0n) is 12.2. The van der Waals surface area contributed by atoms with Crippen molar-refractivity contribution in [3.63, 3.8) is 0 Å². The molecule has 0 fully saturated rings. The van der Waals surface area contributed by atoms with E-state index in [1.807, 2.05) is 38.1 Å². The van der Waals surface area contributed by atoms with E-state index >= 15 is 0 Å². The Morgan fingerprint density at radius 2 is 2.05 bits per heavy atom. The second-order valence-corrected chi connectivity index (χ2v) is 5.18. The summed E-state index contributed by atoms with van der Waals surface area (Å²) in [4.78, 5) is 20.6. The molecule has 4 N–H and O–H groups in total. The van der Waals surface area contributed by atoms with Gasteiger partial charge in [0.1, 0.15) is 5.84 Å². The van der Waals surface area contributed by atoms with E-state index in [9.17, 15) is 4.79 Å². The normalized spacial score (nSPS) is 11.2. The lowest BCUT2D eigenvalue weighted by atomic mass is 10.2. The van der Waals surface area contributed by atoms with E-state index in [1.165, 1.54) is 4.52 Å². The maximum absolute atomic E-state index is 12.1. The maximum atomic E-state index is 12.1. The van der Waals surface area contributed by atoms with Crippen molar-refractivity contribution in [2.75, 3.05) is 5.73 Å². The summed E-state index contributed by atoms with van der Waals surface area (Å²) < 4.78 is 1.33. The highest BCUT2D eigenvalue weighted by Gasteiger charge is 2.18. The lowest BCUT2D eigenvalue weighted by molar-refractivity contribution is 0.0965. The fourth-order valence-electron chi connectivity index (χ4n) is 2.00. The van der Waals surface area contributed by atoms with Gasteiger partial charge in [0, 0.05) is 11.3 Å². The van der Waals surface area contributed by atoms with Gasteiger partial charge in [-0.3, -0.25) is 10.2 Å². The molecule has 112 valence electrons. The Kier molecular flexibility index (Phi) is 3.21. The van der Waals surface area contributed by atoms with Crippen LogP contribution in [-0.4, -0.2) is 31.3 Å². The molecule has 0 radical (unpaired) electrons. The summed E-state index contributed by atoms with van der Waals surface area (Å²) in [7, 11) is 0. The van der Waals surface area contributed by atoms with Gasteiger partial charge < -0.3 is 11.1 Å². The molecule has 3 aromatic rings. The molecule has 1 amide bonds. The van der Waals surface area contributed by atoms with Crippen LogP contribution in [0.25, 0.3) is 16.6 Å². The number of hydrogen-bond donors (Lipinski definition) is 3. The molecule has 0 saturated carbocycles. The summed E-state index contributed by atoms with van der Waals surface area (Å²) in [5, 5.41) is 15.0. The van der Waals surface area contributed by atoms with Crippen LogP contribution in [0, 0.1) is 11.3 Å².